The van der Waals surface area contributed by atoms with Crippen LogP contribution in [0.15, 0.2) is 24.3 Å². The van der Waals surface area contributed by atoms with E-state index in [1.165, 1.54) is 0 Å². The fourth-order valence-corrected chi connectivity index (χ4v) is 2.47. The van der Waals surface area contributed by atoms with Crippen molar-refractivity contribution in [2.24, 2.45) is 5.73 Å². The number of carbonyl (C=O) groups is 1. The number of carbonyl (C=O) groups excluding carboxylic acids is 1. The van der Waals surface area contributed by atoms with Crippen LogP contribution in [-0.4, -0.2) is 50.1 Å². The van der Waals surface area contributed by atoms with Gasteiger partial charge in [0, 0.05) is 26.2 Å². The molecule has 5 heteroatoms. The third kappa shape index (κ3) is 3.04. The van der Waals surface area contributed by atoms with Gasteiger partial charge in [-0.25, -0.2) is 0 Å². The molecule has 2 N–H and O–H groups in total. The second-order valence-electron chi connectivity index (χ2n) is 5.00. The van der Waals surface area contributed by atoms with Gasteiger partial charge in [0.1, 0.15) is 5.75 Å². The van der Waals surface area contributed by atoms with Crippen molar-refractivity contribution in [1.82, 2.24) is 4.90 Å². The van der Waals surface area contributed by atoms with Gasteiger partial charge in [-0.3, -0.25) is 4.79 Å². The van der Waals surface area contributed by atoms with Crippen LogP contribution in [0.2, 0.25) is 0 Å². The number of nitrogens with zero attached hydrogens (tertiary/aromatic N) is 2. The van der Waals surface area contributed by atoms with Crippen molar-refractivity contribution in [3.63, 3.8) is 0 Å². The van der Waals surface area contributed by atoms with Gasteiger partial charge in [-0.05, 0) is 18.6 Å². The van der Waals surface area contributed by atoms with Crippen molar-refractivity contribution in [2.45, 2.75) is 19.4 Å². The highest BCUT2D eigenvalue weighted by Gasteiger charge is 2.25. The Bertz CT molecular complexity index is 456. The van der Waals surface area contributed by atoms with Crippen LogP contribution in [0.4, 0.5) is 5.69 Å². The Kier molecular flexibility index (Phi) is 4.84. The Balaban J connectivity index is 1.99. The predicted molar refractivity (Wildman–Crippen MR) is 80.1 cm³/mol. The SMILES string of the molecule is CCC(N)C(=O)N1CCN(c2ccccc2OC)CC1. The van der Waals surface area contributed by atoms with Crippen LogP contribution in [-0.2, 0) is 4.79 Å². The molecule has 0 aromatic heterocycles. The second kappa shape index (κ2) is 6.61. The Labute approximate surface area is 120 Å². The van der Waals surface area contributed by atoms with Crippen molar-refractivity contribution in [3.05, 3.63) is 24.3 Å². The van der Waals surface area contributed by atoms with Crippen molar-refractivity contribution >= 4 is 11.6 Å². The molecule has 20 heavy (non-hydrogen) atoms. The molecule has 1 heterocycles. The van der Waals surface area contributed by atoms with E-state index in [9.17, 15) is 4.79 Å². The summed E-state index contributed by atoms with van der Waals surface area (Å²) in [6.07, 6.45) is 0.686. The minimum atomic E-state index is -0.368. The largest absolute Gasteiger partial charge is 0.495 e. The lowest BCUT2D eigenvalue weighted by Crippen LogP contribution is -2.53. The van der Waals surface area contributed by atoms with Crippen molar-refractivity contribution in [3.8, 4) is 5.75 Å². The molecule has 1 aromatic rings. The summed E-state index contributed by atoms with van der Waals surface area (Å²) >= 11 is 0. The van der Waals surface area contributed by atoms with Crippen LogP contribution >= 0.6 is 0 Å². The van der Waals surface area contributed by atoms with Gasteiger partial charge >= 0.3 is 0 Å². The number of methoxy groups -OCH3 is 1. The van der Waals surface area contributed by atoms with Crippen molar-refractivity contribution < 1.29 is 9.53 Å². The molecule has 5 nitrogen and oxygen atoms in total. The van der Waals surface area contributed by atoms with Crippen LogP contribution in [0.3, 0.4) is 0 Å². The van der Waals surface area contributed by atoms with Gasteiger partial charge < -0.3 is 20.3 Å². The number of hydrogen-bond acceptors (Lipinski definition) is 4. The molecule has 2 rings (SSSR count). The lowest BCUT2D eigenvalue weighted by Gasteiger charge is -2.37. The number of ether oxygens (including phenoxy) is 1. The summed E-state index contributed by atoms with van der Waals surface area (Å²) < 4.78 is 5.39. The van der Waals surface area contributed by atoms with Crippen molar-refractivity contribution in [2.75, 3.05) is 38.2 Å². The first-order valence-electron chi connectivity index (χ1n) is 7.09. The zero-order valence-corrected chi connectivity index (χ0v) is 12.2. The van der Waals surface area contributed by atoms with Crippen LogP contribution < -0.4 is 15.4 Å². The summed E-state index contributed by atoms with van der Waals surface area (Å²) in [5.41, 5.74) is 6.90. The number of rotatable bonds is 4. The maximum Gasteiger partial charge on any atom is 0.239 e. The third-order valence-corrected chi connectivity index (χ3v) is 3.77. The molecule has 1 atom stereocenters. The lowest BCUT2D eigenvalue weighted by molar-refractivity contribution is -0.132. The van der Waals surface area contributed by atoms with Gasteiger partial charge in [0.2, 0.25) is 5.91 Å². The first-order valence-corrected chi connectivity index (χ1v) is 7.09. The summed E-state index contributed by atoms with van der Waals surface area (Å²) in [6.45, 7) is 4.98. The average molecular weight is 277 g/mol. The van der Waals surface area contributed by atoms with Crippen LogP contribution in [0.25, 0.3) is 0 Å². The zero-order valence-electron chi connectivity index (χ0n) is 12.2. The first-order chi connectivity index (χ1) is 9.67. The third-order valence-electron chi connectivity index (χ3n) is 3.77. The van der Waals surface area contributed by atoms with E-state index in [1.54, 1.807) is 7.11 Å². The molecule has 1 aliphatic heterocycles. The minimum Gasteiger partial charge on any atom is -0.495 e. The second-order valence-corrected chi connectivity index (χ2v) is 5.00. The Morgan fingerprint density at radius 3 is 2.55 bits per heavy atom. The standard InChI is InChI=1S/C15H23N3O2/c1-3-12(16)15(19)18-10-8-17(9-11-18)13-6-4-5-7-14(13)20-2/h4-7,12H,3,8-11,16H2,1-2H3. The molecule has 0 saturated carbocycles. The number of hydrogen-bond donors (Lipinski definition) is 1. The van der Waals surface area contributed by atoms with Gasteiger partial charge in [0.15, 0.2) is 0 Å². The monoisotopic (exact) mass is 277 g/mol. The highest BCUT2D eigenvalue weighted by Crippen LogP contribution is 2.28. The predicted octanol–water partition coefficient (Wildman–Crippen LogP) is 1.08. The first kappa shape index (κ1) is 14.7. The van der Waals surface area contributed by atoms with E-state index < -0.39 is 0 Å². The smallest absolute Gasteiger partial charge is 0.239 e. The number of para-hydroxylation sites is 2. The number of anilines is 1. The highest BCUT2D eigenvalue weighted by molar-refractivity contribution is 5.81. The molecule has 0 bridgehead atoms. The summed E-state index contributed by atoms with van der Waals surface area (Å²) in [5.74, 6) is 0.935. The van der Waals surface area contributed by atoms with E-state index in [2.05, 4.69) is 4.90 Å². The van der Waals surface area contributed by atoms with E-state index >= 15 is 0 Å². The van der Waals surface area contributed by atoms with Crippen LogP contribution in [0, 0.1) is 0 Å². The molecule has 1 amide bonds. The Morgan fingerprint density at radius 1 is 1.30 bits per heavy atom. The summed E-state index contributed by atoms with van der Waals surface area (Å²) in [4.78, 5) is 16.2. The number of nitrogens with two attached hydrogens (primary N) is 1. The molecular weight excluding hydrogens is 254 g/mol. The molecule has 110 valence electrons. The van der Waals surface area contributed by atoms with E-state index in [4.69, 9.17) is 10.5 Å². The molecule has 0 radical (unpaired) electrons. The zero-order chi connectivity index (χ0) is 14.5. The molecule has 1 fully saturated rings. The van der Waals surface area contributed by atoms with Gasteiger partial charge in [-0.15, -0.1) is 0 Å². The van der Waals surface area contributed by atoms with E-state index in [-0.39, 0.29) is 11.9 Å². The summed E-state index contributed by atoms with van der Waals surface area (Å²) in [6, 6.07) is 7.60. The van der Waals surface area contributed by atoms with Gasteiger partial charge in [-0.1, -0.05) is 19.1 Å². The van der Waals surface area contributed by atoms with E-state index in [0.29, 0.717) is 19.5 Å². The Morgan fingerprint density at radius 2 is 1.95 bits per heavy atom. The summed E-state index contributed by atoms with van der Waals surface area (Å²) in [7, 11) is 1.68. The number of benzene rings is 1. The van der Waals surface area contributed by atoms with E-state index in [1.807, 2.05) is 36.1 Å². The van der Waals surface area contributed by atoms with Gasteiger partial charge in [0.05, 0.1) is 18.8 Å². The maximum atomic E-state index is 12.1. The van der Waals surface area contributed by atoms with E-state index in [0.717, 1.165) is 24.5 Å². The van der Waals surface area contributed by atoms with Crippen molar-refractivity contribution in [1.29, 1.82) is 0 Å². The number of amides is 1. The minimum absolute atomic E-state index is 0.0622. The van der Waals surface area contributed by atoms with Gasteiger partial charge in [0.25, 0.3) is 0 Å². The Hall–Kier alpha value is -1.75. The number of piperazine rings is 1. The topological polar surface area (TPSA) is 58.8 Å². The molecular formula is C15H23N3O2. The van der Waals surface area contributed by atoms with Crippen LogP contribution in [0.5, 0.6) is 5.75 Å². The summed E-state index contributed by atoms with van der Waals surface area (Å²) in [5, 5.41) is 0. The fourth-order valence-electron chi connectivity index (χ4n) is 2.47. The molecule has 1 unspecified atom stereocenters. The average Bonchev–Trinajstić information content (AvgIpc) is 2.53. The molecule has 0 spiro atoms. The fraction of sp³-hybridized carbons (Fsp3) is 0.533. The highest BCUT2D eigenvalue weighted by atomic mass is 16.5. The van der Waals surface area contributed by atoms with Crippen LogP contribution in [0.1, 0.15) is 13.3 Å². The molecule has 1 saturated heterocycles. The van der Waals surface area contributed by atoms with Gasteiger partial charge in [-0.2, -0.15) is 0 Å². The maximum absolute atomic E-state index is 12.1. The molecule has 0 aliphatic carbocycles. The quantitative estimate of drug-likeness (QED) is 0.895. The normalized spacial score (nSPS) is 16.9. The molecule has 1 aliphatic rings. The molecule has 1 aromatic carbocycles. The lowest BCUT2D eigenvalue weighted by atomic mass is 10.2.